The van der Waals surface area contributed by atoms with Crippen molar-refractivity contribution in [3.05, 3.63) is 98.0 Å². The highest BCUT2D eigenvalue weighted by Gasteiger charge is 2.24. The number of halogens is 1. The highest BCUT2D eigenvalue weighted by atomic mass is 127. The molecule has 0 unspecified atom stereocenters. The van der Waals surface area contributed by atoms with Gasteiger partial charge in [0.1, 0.15) is 12.4 Å². The smallest absolute Gasteiger partial charge is 0.264 e. The minimum Gasteiger partial charge on any atom is -0.488 e. The first-order chi connectivity index (χ1) is 14.6. The molecule has 0 spiro atoms. The van der Waals surface area contributed by atoms with Gasteiger partial charge in [-0.05, 0) is 83.2 Å². The Morgan fingerprint density at radius 3 is 2.53 bits per heavy atom. The fourth-order valence-corrected chi connectivity index (χ4v) is 4.02. The minimum absolute atomic E-state index is 0.154. The van der Waals surface area contributed by atoms with Crippen LogP contribution in [0.1, 0.15) is 16.7 Å². The van der Waals surface area contributed by atoms with E-state index in [1.54, 1.807) is 0 Å². The summed E-state index contributed by atoms with van der Waals surface area (Å²) in [5.74, 6) is 0.583. The van der Waals surface area contributed by atoms with Crippen LogP contribution in [0.15, 0.2) is 82.7 Å². The summed E-state index contributed by atoms with van der Waals surface area (Å²) in [5, 5.41) is 3.41. The van der Waals surface area contributed by atoms with E-state index in [0.29, 0.717) is 16.7 Å². The number of rotatable bonds is 5. The van der Waals surface area contributed by atoms with E-state index >= 15 is 0 Å². The largest absolute Gasteiger partial charge is 0.488 e. The molecule has 1 fully saturated rings. The van der Waals surface area contributed by atoms with Crippen LogP contribution in [-0.4, -0.2) is 11.1 Å². The number of aryl methyl sites for hydroxylation is 1. The summed E-state index contributed by atoms with van der Waals surface area (Å²) in [6, 6.07) is 23.8. The number of nitrogens with zero attached hydrogens (tertiary/aromatic N) is 1. The minimum atomic E-state index is -0.154. The van der Waals surface area contributed by atoms with E-state index < -0.39 is 0 Å². The number of carbonyl (C=O) groups excluding carboxylic acids is 1. The van der Waals surface area contributed by atoms with Crippen LogP contribution in [0.25, 0.3) is 6.08 Å². The second-order valence-electron chi connectivity index (χ2n) is 6.77. The van der Waals surface area contributed by atoms with Gasteiger partial charge in [0.15, 0.2) is 5.17 Å². The molecule has 1 aliphatic rings. The topological polar surface area (TPSA) is 50.7 Å². The second-order valence-corrected chi connectivity index (χ2v) is 9.05. The van der Waals surface area contributed by atoms with Crippen LogP contribution in [0.5, 0.6) is 5.75 Å². The van der Waals surface area contributed by atoms with E-state index in [9.17, 15) is 4.79 Å². The van der Waals surface area contributed by atoms with E-state index in [4.69, 9.17) is 4.74 Å². The quantitative estimate of drug-likeness (QED) is 0.325. The maximum atomic E-state index is 12.4. The van der Waals surface area contributed by atoms with Crippen LogP contribution in [0.2, 0.25) is 0 Å². The molecule has 150 valence electrons. The Morgan fingerprint density at radius 1 is 1.03 bits per heavy atom. The molecule has 6 heteroatoms. The summed E-state index contributed by atoms with van der Waals surface area (Å²) in [6.45, 7) is 2.50. The van der Waals surface area contributed by atoms with Crippen molar-refractivity contribution in [1.82, 2.24) is 5.32 Å². The Bertz CT molecular complexity index is 1120. The summed E-state index contributed by atoms with van der Waals surface area (Å²) >= 11 is 3.61. The second kappa shape index (κ2) is 9.49. The van der Waals surface area contributed by atoms with Crippen molar-refractivity contribution in [2.45, 2.75) is 13.5 Å². The van der Waals surface area contributed by atoms with Crippen LogP contribution >= 0.6 is 34.4 Å². The molecule has 4 nitrogen and oxygen atoms in total. The number of thioether (sulfide) groups is 1. The van der Waals surface area contributed by atoms with Gasteiger partial charge in [-0.3, -0.25) is 4.79 Å². The Kier molecular flexibility index (Phi) is 6.54. The van der Waals surface area contributed by atoms with E-state index in [1.807, 2.05) is 61.5 Å². The van der Waals surface area contributed by atoms with Crippen LogP contribution in [0.4, 0.5) is 5.69 Å². The van der Waals surface area contributed by atoms with Gasteiger partial charge in [-0.1, -0.05) is 48.0 Å². The van der Waals surface area contributed by atoms with Crippen molar-refractivity contribution in [3.8, 4) is 5.75 Å². The van der Waals surface area contributed by atoms with Gasteiger partial charge in [0.2, 0.25) is 0 Å². The van der Waals surface area contributed by atoms with Crippen LogP contribution in [0.3, 0.4) is 0 Å². The van der Waals surface area contributed by atoms with Gasteiger partial charge in [-0.25, -0.2) is 4.99 Å². The maximum absolute atomic E-state index is 12.4. The first-order valence-corrected chi connectivity index (χ1v) is 11.3. The van der Waals surface area contributed by atoms with Crippen molar-refractivity contribution in [1.29, 1.82) is 0 Å². The molecule has 3 aromatic carbocycles. The third kappa shape index (κ3) is 5.31. The summed E-state index contributed by atoms with van der Waals surface area (Å²) in [6.07, 6.45) is 1.85. The van der Waals surface area contributed by atoms with E-state index in [2.05, 4.69) is 57.2 Å². The average Bonchev–Trinajstić information content (AvgIpc) is 3.09. The Hall–Kier alpha value is -2.58. The molecule has 1 aliphatic heterocycles. The van der Waals surface area contributed by atoms with Gasteiger partial charge < -0.3 is 10.1 Å². The molecule has 30 heavy (non-hydrogen) atoms. The summed E-state index contributed by atoms with van der Waals surface area (Å²) in [5.41, 5.74) is 3.94. The highest BCUT2D eigenvalue weighted by Crippen LogP contribution is 2.31. The Labute approximate surface area is 193 Å². The zero-order valence-electron chi connectivity index (χ0n) is 16.3. The number of aliphatic imine (C=N–C) groups is 1. The normalized spacial score (nSPS) is 16.1. The molecule has 1 N–H and O–H groups in total. The van der Waals surface area contributed by atoms with Crippen molar-refractivity contribution in [3.63, 3.8) is 0 Å². The molecule has 3 aromatic rings. The third-order valence-electron chi connectivity index (χ3n) is 4.43. The van der Waals surface area contributed by atoms with Crippen LogP contribution in [-0.2, 0) is 11.4 Å². The zero-order valence-corrected chi connectivity index (χ0v) is 19.2. The van der Waals surface area contributed by atoms with E-state index in [1.165, 1.54) is 20.9 Å². The highest BCUT2D eigenvalue weighted by molar-refractivity contribution is 14.1. The Morgan fingerprint density at radius 2 is 1.77 bits per heavy atom. The number of ether oxygens (including phenoxy) is 1. The number of carbonyl (C=O) groups is 1. The lowest BCUT2D eigenvalue weighted by Gasteiger charge is -2.09. The molecule has 0 atom stereocenters. The fraction of sp³-hybridized carbons (Fsp3) is 0.0833. The standard InChI is InChI=1S/C24H19IN2O2S/c1-16-6-12-20(13-7-16)26-24-27-23(28)22(30-24)14-18-4-2-3-5-21(18)29-15-17-8-10-19(25)11-9-17/h2-14H,15H2,1H3,(H,26,27,28)/b22-14+. The Balaban J connectivity index is 1.51. The lowest BCUT2D eigenvalue weighted by Crippen LogP contribution is -2.19. The molecule has 1 amide bonds. The molecule has 0 radical (unpaired) electrons. The molecule has 0 aromatic heterocycles. The fourth-order valence-electron chi connectivity index (χ4n) is 2.83. The monoisotopic (exact) mass is 526 g/mol. The van der Waals surface area contributed by atoms with Crippen molar-refractivity contribution < 1.29 is 9.53 Å². The molecule has 0 saturated carbocycles. The number of nitrogens with one attached hydrogen (secondary N) is 1. The number of amides is 1. The summed E-state index contributed by atoms with van der Waals surface area (Å²) in [4.78, 5) is 17.5. The average molecular weight is 526 g/mol. The van der Waals surface area contributed by atoms with Gasteiger partial charge >= 0.3 is 0 Å². The number of hydrogen-bond donors (Lipinski definition) is 1. The molecule has 0 aliphatic carbocycles. The molecule has 1 heterocycles. The predicted octanol–water partition coefficient (Wildman–Crippen LogP) is 6.07. The van der Waals surface area contributed by atoms with Gasteiger partial charge in [0.05, 0.1) is 10.6 Å². The first-order valence-electron chi connectivity index (χ1n) is 9.39. The third-order valence-corrected chi connectivity index (χ3v) is 6.06. The molecule has 0 bridgehead atoms. The predicted molar refractivity (Wildman–Crippen MR) is 132 cm³/mol. The van der Waals surface area contributed by atoms with Gasteiger partial charge in [-0.2, -0.15) is 0 Å². The SMILES string of the molecule is Cc1ccc(N=C2NC(=O)/C(=C\c3ccccc3OCc3ccc(I)cc3)S2)cc1. The number of para-hydroxylation sites is 1. The van der Waals surface area contributed by atoms with Gasteiger partial charge in [0.25, 0.3) is 5.91 Å². The summed E-state index contributed by atoms with van der Waals surface area (Å²) < 4.78 is 7.21. The first kappa shape index (κ1) is 20.7. The molecule has 4 rings (SSSR count). The lowest BCUT2D eigenvalue weighted by molar-refractivity contribution is -0.115. The zero-order chi connectivity index (χ0) is 20.9. The summed E-state index contributed by atoms with van der Waals surface area (Å²) in [7, 11) is 0. The van der Waals surface area contributed by atoms with E-state index in [-0.39, 0.29) is 5.91 Å². The molecular formula is C24H19IN2O2S. The van der Waals surface area contributed by atoms with Crippen molar-refractivity contribution in [2.75, 3.05) is 0 Å². The number of hydrogen-bond acceptors (Lipinski definition) is 4. The number of benzene rings is 3. The van der Waals surface area contributed by atoms with Crippen molar-refractivity contribution >= 4 is 57.2 Å². The molecule has 1 saturated heterocycles. The van der Waals surface area contributed by atoms with Crippen molar-refractivity contribution in [2.24, 2.45) is 4.99 Å². The maximum Gasteiger partial charge on any atom is 0.264 e. The van der Waals surface area contributed by atoms with Gasteiger partial charge in [-0.15, -0.1) is 0 Å². The lowest BCUT2D eigenvalue weighted by atomic mass is 10.2. The number of amidine groups is 1. The van der Waals surface area contributed by atoms with Gasteiger partial charge in [0, 0.05) is 9.13 Å². The van der Waals surface area contributed by atoms with E-state index in [0.717, 1.165) is 22.6 Å². The van der Waals surface area contributed by atoms with Crippen LogP contribution < -0.4 is 10.1 Å². The van der Waals surface area contributed by atoms with Crippen LogP contribution in [0, 0.1) is 10.5 Å². The molecular weight excluding hydrogens is 507 g/mol.